The van der Waals surface area contributed by atoms with Gasteiger partial charge in [0.05, 0.1) is 0 Å². The fourth-order valence-electron chi connectivity index (χ4n) is 2.53. The van der Waals surface area contributed by atoms with E-state index < -0.39 is 0 Å². The zero-order valence-electron chi connectivity index (χ0n) is 14.0. The van der Waals surface area contributed by atoms with E-state index in [1.165, 1.54) is 11.1 Å². The van der Waals surface area contributed by atoms with E-state index in [1.54, 1.807) is 0 Å². The van der Waals surface area contributed by atoms with Gasteiger partial charge in [-0.05, 0) is 23.6 Å². The Morgan fingerprint density at radius 2 is 1.38 bits per heavy atom. The minimum atomic E-state index is 0.186. The average molecular weight is 284 g/mol. The molecule has 0 amide bonds. The van der Waals surface area contributed by atoms with Gasteiger partial charge in [0.25, 0.3) is 0 Å². The van der Waals surface area contributed by atoms with E-state index in [1.807, 2.05) is 39.8 Å². The van der Waals surface area contributed by atoms with Crippen LogP contribution in [-0.2, 0) is 6.42 Å². The van der Waals surface area contributed by atoms with Crippen LogP contribution in [0.2, 0.25) is 0 Å². The maximum absolute atomic E-state index is 6.13. The number of rotatable bonds is 1. The molecule has 1 nitrogen and oxygen atoms in total. The van der Waals surface area contributed by atoms with Crippen molar-refractivity contribution in [2.45, 2.75) is 47.1 Å². The van der Waals surface area contributed by atoms with Crippen molar-refractivity contribution in [3.8, 4) is 5.75 Å². The Bertz CT molecular complexity index is 504. The maximum Gasteiger partial charge on any atom is 0.127 e. The van der Waals surface area contributed by atoms with Gasteiger partial charge in [-0.2, -0.15) is 0 Å². The number of benzene rings is 2. The maximum atomic E-state index is 6.13. The summed E-state index contributed by atoms with van der Waals surface area (Å²) in [5.74, 6) is 1.56. The van der Waals surface area contributed by atoms with Crippen LogP contribution in [0.3, 0.4) is 0 Å². The number of hydrogen-bond acceptors (Lipinski definition) is 1. The van der Waals surface area contributed by atoms with Crippen LogP contribution in [0.4, 0.5) is 0 Å². The summed E-state index contributed by atoms with van der Waals surface area (Å²) in [6, 6.07) is 18.8. The number of fused-ring (bicyclic) bond motifs is 1. The Hall–Kier alpha value is -1.76. The van der Waals surface area contributed by atoms with Crippen molar-refractivity contribution in [1.82, 2.24) is 0 Å². The molecule has 1 aliphatic heterocycles. The summed E-state index contributed by atoms with van der Waals surface area (Å²) in [5, 5.41) is 0. The first kappa shape index (κ1) is 17.3. The van der Waals surface area contributed by atoms with Crippen molar-refractivity contribution >= 4 is 0 Å². The van der Waals surface area contributed by atoms with Crippen molar-refractivity contribution in [3.05, 3.63) is 65.7 Å². The molecule has 3 rings (SSSR count). The van der Waals surface area contributed by atoms with Crippen molar-refractivity contribution < 1.29 is 4.74 Å². The van der Waals surface area contributed by atoms with Gasteiger partial charge in [0, 0.05) is 5.92 Å². The minimum absolute atomic E-state index is 0.186. The summed E-state index contributed by atoms with van der Waals surface area (Å²) in [4.78, 5) is 0. The molecule has 114 valence electrons. The van der Waals surface area contributed by atoms with Gasteiger partial charge in [0.1, 0.15) is 11.9 Å². The van der Waals surface area contributed by atoms with Gasteiger partial charge < -0.3 is 4.74 Å². The molecule has 2 unspecified atom stereocenters. The third kappa shape index (κ3) is 4.35. The fourth-order valence-corrected chi connectivity index (χ4v) is 2.53. The predicted molar refractivity (Wildman–Crippen MR) is 91.8 cm³/mol. The first-order valence-corrected chi connectivity index (χ1v) is 8.14. The van der Waals surface area contributed by atoms with E-state index in [0.29, 0.717) is 5.92 Å². The molecular formula is C20H28O. The highest BCUT2D eigenvalue weighted by Gasteiger charge is 2.27. The molecule has 0 spiro atoms. The summed E-state index contributed by atoms with van der Waals surface area (Å²) < 4.78 is 6.13. The molecule has 0 saturated heterocycles. The monoisotopic (exact) mass is 284 g/mol. The molecule has 0 N–H and O–H groups in total. The van der Waals surface area contributed by atoms with Crippen LogP contribution in [0.1, 0.15) is 51.8 Å². The second-order valence-corrected chi connectivity index (χ2v) is 4.74. The highest BCUT2D eigenvalue weighted by Crippen LogP contribution is 2.38. The van der Waals surface area contributed by atoms with Crippen molar-refractivity contribution in [2.24, 2.45) is 5.92 Å². The van der Waals surface area contributed by atoms with E-state index in [9.17, 15) is 0 Å². The Labute approximate surface area is 130 Å². The van der Waals surface area contributed by atoms with Gasteiger partial charge >= 0.3 is 0 Å². The summed E-state index contributed by atoms with van der Waals surface area (Å²) in [7, 11) is 0. The van der Waals surface area contributed by atoms with Crippen LogP contribution in [0.15, 0.2) is 54.6 Å². The van der Waals surface area contributed by atoms with E-state index in [-0.39, 0.29) is 6.10 Å². The summed E-state index contributed by atoms with van der Waals surface area (Å²) in [6.45, 7) is 10.3. The SMILES string of the molecule is CC.CC.CC1Cc2ccccc2OC1c1ccccc1. The smallest absolute Gasteiger partial charge is 0.127 e. The van der Waals surface area contributed by atoms with Gasteiger partial charge in [-0.1, -0.05) is 83.1 Å². The zero-order chi connectivity index (χ0) is 15.7. The number of hydrogen-bond donors (Lipinski definition) is 0. The molecule has 0 fully saturated rings. The lowest BCUT2D eigenvalue weighted by Gasteiger charge is -2.31. The Morgan fingerprint density at radius 1 is 0.810 bits per heavy atom. The third-order valence-electron chi connectivity index (χ3n) is 3.41. The first-order valence-electron chi connectivity index (χ1n) is 8.14. The van der Waals surface area contributed by atoms with Crippen LogP contribution in [-0.4, -0.2) is 0 Å². The van der Waals surface area contributed by atoms with Gasteiger partial charge in [-0.15, -0.1) is 0 Å². The number of para-hydroxylation sites is 1. The molecule has 0 saturated carbocycles. The topological polar surface area (TPSA) is 9.23 Å². The quantitative estimate of drug-likeness (QED) is 0.619. The molecule has 1 heteroatoms. The Balaban J connectivity index is 0.000000510. The molecule has 2 aromatic rings. The normalized spacial score (nSPS) is 18.9. The lowest BCUT2D eigenvalue weighted by atomic mass is 9.88. The standard InChI is InChI=1S/C16H16O.2C2H6/c1-12-11-14-9-5-6-10-15(14)17-16(12)13-7-3-2-4-8-13;2*1-2/h2-10,12,16H,11H2,1H3;2*1-2H3. The lowest BCUT2D eigenvalue weighted by Crippen LogP contribution is -2.23. The van der Waals surface area contributed by atoms with Crippen molar-refractivity contribution in [1.29, 1.82) is 0 Å². The number of ether oxygens (including phenoxy) is 1. The van der Waals surface area contributed by atoms with Crippen molar-refractivity contribution in [2.75, 3.05) is 0 Å². The van der Waals surface area contributed by atoms with E-state index in [0.717, 1.165) is 12.2 Å². The van der Waals surface area contributed by atoms with E-state index in [4.69, 9.17) is 4.74 Å². The Morgan fingerprint density at radius 3 is 2.05 bits per heavy atom. The predicted octanol–water partition coefficient (Wildman–Crippen LogP) is 6.05. The van der Waals surface area contributed by atoms with Crippen LogP contribution in [0.5, 0.6) is 5.75 Å². The van der Waals surface area contributed by atoms with Crippen LogP contribution in [0, 0.1) is 5.92 Å². The second kappa shape index (κ2) is 9.23. The van der Waals surface area contributed by atoms with Gasteiger partial charge in [0.2, 0.25) is 0 Å². The fraction of sp³-hybridized carbons (Fsp3) is 0.400. The van der Waals surface area contributed by atoms with Gasteiger partial charge in [0.15, 0.2) is 0 Å². The molecule has 1 heterocycles. The molecule has 0 radical (unpaired) electrons. The summed E-state index contributed by atoms with van der Waals surface area (Å²) in [6.07, 6.45) is 1.28. The van der Waals surface area contributed by atoms with Crippen LogP contribution >= 0.6 is 0 Å². The first-order chi connectivity index (χ1) is 10.3. The van der Waals surface area contributed by atoms with Crippen LogP contribution in [0.25, 0.3) is 0 Å². The largest absolute Gasteiger partial charge is 0.485 e. The molecule has 2 atom stereocenters. The highest BCUT2D eigenvalue weighted by molar-refractivity contribution is 5.37. The average Bonchev–Trinajstić information content (AvgIpc) is 2.58. The molecule has 0 aromatic heterocycles. The van der Waals surface area contributed by atoms with Gasteiger partial charge in [-0.25, -0.2) is 0 Å². The van der Waals surface area contributed by atoms with Gasteiger partial charge in [-0.3, -0.25) is 0 Å². The Kier molecular flexibility index (Phi) is 7.60. The third-order valence-corrected chi connectivity index (χ3v) is 3.41. The molecule has 0 bridgehead atoms. The summed E-state index contributed by atoms with van der Waals surface area (Å²) in [5.41, 5.74) is 2.60. The minimum Gasteiger partial charge on any atom is -0.485 e. The molecule has 0 aliphatic carbocycles. The lowest BCUT2D eigenvalue weighted by molar-refractivity contribution is 0.123. The highest BCUT2D eigenvalue weighted by atomic mass is 16.5. The van der Waals surface area contributed by atoms with E-state index in [2.05, 4.69) is 49.4 Å². The van der Waals surface area contributed by atoms with E-state index >= 15 is 0 Å². The molecular weight excluding hydrogens is 256 g/mol. The van der Waals surface area contributed by atoms with Crippen molar-refractivity contribution in [3.63, 3.8) is 0 Å². The zero-order valence-corrected chi connectivity index (χ0v) is 14.0. The second-order valence-electron chi connectivity index (χ2n) is 4.74. The molecule has 21 heavy (non-hydrogen) atoms. The molecule has 2 aromatic carbocycles. The summed E-state index contributed by atoms with van der Waals surface area (Å²) >= 11 is 0. The molecule has 1 aliphatic rings. The van der Waals surface area contributed by atoms with Crippen LogP contribution < -0.4 is 4.74 Å².